The Bertz CT molecular complexity index is 102. The molecule has 1 unspecified atom stereocenters. The highest BCUT2D eigenvalue weighted by Crippen LogP contribution is 2.16. The summed E-state index contributed by atoms with van der Waals surface area (Å²) in [5.41, 5.74) is 0.307. The van der Waals surface area contributed by atoms with Gasteiger partial charge in [-0.3, -0.25) is 0 Å². The Hall–Kier alpha value is -0.0400. The second-order valence-corrected chi connectivity index (χ2v) is 4.69. The molecule has 1 atom stereocenters. The molecular formula is C11H24O. The molecule has 0 rings (SSSR count). The molecule has 0 aromatic heterocycles. The molecule has 0 radical (unpaired) electrons. The summed E-state index contributed by atoms with van der Waals surface area (Å²) in [4.78, 5) is 0. The van der Waals surface area contributed by atoms with Crippen LogP contribution < -0.4 is 0 Å². The van der Waals surface area contributed by atoms with E-state index in [1.165, 1.54) is 12.8 Å². The van der Waals surface area contributed by atoms with Crippen LogP contribution in [0.3, 0.4) is 0 Å². The normalized spacial score (nSPS) is 14.8. The fourth-order valence-corrected chi connectivity index (χ4v) is 1.10. The zero-order chi connectivity index (χ0) is 9.61. The second kappa shape index (κ2) is 5.58. The van der Waals surface area contributed by atoms with Gasteiger partial charge in [0.2, 0.25) is 0 Å². The van der Waals surface area contributed by atoms with Gasteiger partial charge in [-0.15, -0.1) is 0 Å². The molecule has 74 valence electrons. The van der Waals surface area contributed by atoms with Crippen molar-refractivity contribution in [2.45, 2.75) is 60.0 Å². The monoisotopic (exact) mass is 172 g/mol. The van der Waals surface area contributed by atoms with Crippen LogP contribution in [-0.4, -0.2) is 12.7 Å². The molecule has 0 aromatic rings. The van der Waals surface area contributed by atoms with E-state index in [4.69, 9.17) is 4.74 Å². The maximum absolute atomic E-state index is 5.80. The average molecular weight is 172 g/mol. The van der Waals surface area contributed by atoms with Crippen molar-refractivity contribution in [2.75, 3.05) is 6.61 Å². The highest BCUT2D eigenvalue weighted by atomic mass is 16.5. The molecular weight excluding hydrogens is 148 g/mol. The minimum absolute atomic E-state index is 0.307. The van der Waals surface area contributed by atoms with Gasteiger partial charge in [0.15, 0.2) is 0 Å². The fourth-order valence-electron chi connectivity index (χ4n) is 1.10. The highest BCUT2D eigenvalue weighted by Gasteiger charge is 2.13. The third-order valence-corrected chi connectivity index (χ3v) is 1.82. The van der Waals surface area contributed by atoms with Crippen molar-refractivity contribution in [1.82, 2.24) is 0 Å². The predicted octanol–water partition coefficient (Wildman–Crippen LogP) is 3.63. The Balaban J connectivity index is 3.58. The lowest BCUT2D eigenvalue weighted by Gasteiger charge is -2.23. The van der Waals surface area contributed by atoms with E-state index in [2.05, 4.69) is 34.6 Å². The molecule has 12 heavy (non-hydrogen) atoms. The van der Waals surface area contributed by atoms with Crippen molar-refractivity contribution in [1.29, 1.82) is 0 Å². The maximum atomic E-state index is 5.80. The molecule has 0 aromatic carbocycles. The van der Waals surface area contributed by atoms with Gasteiger partial charge in [0.1, 0.15) is 0 Å². The third kappa shape index (κ3) is 6.66. The zero-order valence-electron chi connectivity index (χ0n) is 9.31. The summed E-state index contributed by atoms with van der Waals surface area (Å²) >= 11 is 0. The molecule has 0 spiro atoms. The van der Waals surface area contributed by atoms with Crippen LogP contribution in [0.15, 0.2) is 0 Å². The molecule has 0 bridgehead atoms. The molecule has 0 amide bonds. The molecule has 0 fully saturated rings. The Morgan fingerprint density at radius 2 is 1.75 bits per heavy atom. The van der Waals surface area contributed by atoms with E-state index < -0.39 is 0 Å². The fraction of sp³-hybridized carbons (Fsp3) is 1.00. The first-order valence-electron chi connectivity index (χ1n) is 5.11. The minimum Gasteiger partial charge on any atom is -0.378 e. The van der Waals surface area contributed by atoms with Crippen LogP contribution in [0.5, 0.6) is 0 Å². The summed E-state index contributed by atoms with van der Waals surface area (Å²) < 4.78 is 5.80. The van der Waals surface area contributed by atoms with Gasteiger partial charge in [0.25, 0.3) is 0 Å². The van der Waals surface area contributed by atoms with E-state index in [9.17, 15) is 0 Å². The van der Waals surface area contributed by atoms with Crippen LogP contribution in [0.2, 0.25) is 0 Å². The van der Waals surface area contributed by atoms with Crippen molar-refractivity contribution in [3.05, 3.63) is 0 Å². The summed E-state index contributed by atoms with van der Waals surface area (Å²) in [6.07, 6.45) is 4.05. The maximum Gasteiger partial charge on any atom is 0.0572 e. The van der Waals surface area contributed by atoms with Crippen molar-refractivity contribution in [2.24, 2.45) is 5.41 Å². The first-order valence-corrected chi connectivity index (χ1v) is 5.11. The van der Waals surface area contributed by atoms with Gasteiger partial charge in [-0.1, -0.05) is 41.0 Å². The van der Waals surface area contributed by atoms with Crippen LogP contribution in [0.1, 0.15) is 53.9 Å². The van der Waals surface area contributed by atoms with Gasteiger partial charge >= 0.3 is 0 Å². The van der Waals surface area contributed by atoms with Crippen molar-refractivity contribution in [3.8, 4) is 0 Å². The van der Waals surface area contributed by atoms with Crippen molar-refractivity contribution >= 4 is 0 Å². The van der Waals surface area contributed by atoms with Crippen molar-refractivity contribution in [3.63, 3.8) is 0 Å². The van der Waals surface area contributed by atoms with E-state index >= 15 is 0 Å². The Morgan fingerprint density at radius 3 is 2.08 bits per heavy atom. The summed E-state index contributed by atoms with van der Waals surface area (Å²) in [7, 11) is 0. The molecule has 0 N–H and O–H groups in total. The predicted molar refractivity (Wildman–Crippen MR) is 54.4 cm³/mol. The Kier molecular flexibility index (Phi) is 5.56. The SMILES string of the molecule is CCCC(CC)OCC(C)(C)C. The van der Waals surface area contributed by atoms with Crippen LogP contribution >= 0.6 is 0 Å². The van der Waals surface area contributed by atoms with Gasteiger partial charge in [-0.2, -0.15) is 0 Å². The van der Waals surface area contributed by atoms with Gasteiger partial charge in [0.05, 0.1) is 12.7 Å². The summed E-state index contributed by atoms with van der Waals surface area (Å²) in [6, 6.07) is 0. The molecule has 1 heteroatoms. The molecule has 0 saturated carbocycles. The van der Waals surface area contributed by atoms with Crippen LogP contribution in [-0.2, 0) is 4.74 Å². The highest BCUT2D eigenvalue weighted by molar-refractivity contribution is 4.62. The van der Waals surface area contributed by atoms with Gasteiger partial charge < -0.3 is 4.74 Å². The molecule has 0 aliphatic heterocycles. The van der Waals surface area contributed by atoms with E-state index in [1.807, 2.05) is 0 Å². The quantitative estimate of drug-likeness (QED) is 0.615. The topological polar surface area (TPSA) is 9.23 Å². The second-order valence-electron chi connectivity index (χ2n) is 4.69. The van der Waals surface area contributed by atoms with Gasteiger partial charge in [0, 0.05) is 0 Å². The van der Waals surface area contributed by atoms with E-state index in [-0.39, 0.29) is 0 Å². The van der Waals surface area contributed by atoms with E-state index in [0.717, 1.165) is 13.0 Å². The van der Waals surface area contributed by atoms with E-state index in [0.29, 0.717) is 11.5 Å². The van der Waals surface area contributed by atoms with Gasteiger partial charge in [-0.05, 0) is 18.3 Å². The molecule has 0 aliphatic rings. The standard InChI is InChI=1S/C11H24O/c1-6-8-10(7-2)12-9-11(3,4)5/h10H,6-9H2,1-5H3. The number of ether oxygens (including phenoxy) is 1. The molecule has 0 heterocycles. The number of hydrogen-bond acceptors (Lipinski definition) is 1. The number of hydrogen-bond donors (Lipinski definition) is 0. The first kappa shape index (κ1) is 12.0. The van der Waals surface area contributed by atoms with Crippen LogP contribution in [0, 0.1) is 5.41 Å². The molecule has 0 aliphatic carbocycles. The molecule has 0 saturated heterocycles. The summed E-state index contributed by atoms with van der Waals surface area (Å²) in [6.45, 7) is 11.9. The lowest BCUT2D eigenvalue weighted by atomic mass is 9.98. The first-order chi connectivity index (χ1) is 5.49. The third-order valence-electron chi connectivity index (χ3n) is 1.82. The lowest BCUT2D eigenvalue weighted by Crippen LogP contribution is -2.21. The number of rotatable bonds is 5. The summed E-state index contributed by atoms with van der Waals surface area (Å²) in [5.74, 6) is 0. The average Bonchev–Trinajstić information content (AvgIpc) is 1.96. The zero-order valence-corrected chi connectivity index (χ0v) is 9.31. The van der Waals surface area contributed by atoms with Gasteiger partial charge in [-0.25, -0.2) is 0 Å². The van der Waals surface area contributed by atoms with E-state index in [1.54, 1.807) is 0 Å². The van der Waals surface area contributed by atoms with Crippen molar-refractivity contribution < 1.29 is 4.74 Å². The summed E-state index contributed by atoms with van der Waals surface area (Å²) in [5, 5.41) is 0. The Labute approximate surface area is 77.5 Å². The largest absolute Gasteiger partial charge is 0.378 e. The molecule has 1 nitrogen and oxygen atoms in total. The van der Waals surface area contributed by atoms with Crippen LogP contribution in [0.4, 0.5) is 0 Å². The van der Waals surface area contributed by atoms with Crippen LogP contribution in [0.25, 0.3) is 0 Å². The lowest BCUT2D eigenvalue weighted by molar-refractivity contribution is 0.00232. The Morgan fingerprint density at radius 1 is 1.17 bits per heavy atom. The minimum atomic E-state index is 0.307. The smallest absolute Gasteiger partial charge is 0.0572 e.